The maximum absolute atomic E-state index is 14.0. The normalized spacial score (nSPS) is 15.8. The van der Waals surface area contributed by atoms with Crippen molar-refractivity contribution >= 4 is 29.2 Å². The second kappa shape index (κ2) is 9.51. The number of hydrogen-bond donors (Lipinski definition) is 1. The van der Waals surface area contributed by atoms with Crippen molar-refractivity contribution < 1.29 is 13.6 Å². The average molecular weight is 472 g/mol. The van der Waals surface area contributed by atoms with Crippen LogP contribution < -0.4 is 10.2 Å². The molecule has 0 bridgehead atoms. The zero-order valence-corrected chi connectivity index (χ0v) is 19.8. The number of amides is 1. The molecular formula is C24H27F2N5OS. The molecule has 9 heteroatoms. The maximum atomic E-state index is 14.0. The number of alkyl halides is 2. The Morgan fingerprint density at radius 1 is 1.21 bits per heavy atom. The maximum Gasteiger partial charge on any atom is 0.259 e. The summed E-state index contributed by atoms with van der Waals surface area (Å²) in [5.41, 5.74) is 3.21. The Hall–Kier alpha value is -2.94. The molecule has 0 spiro atoms. The van der Waals surface area contributed by atoms with Crippen LogP contribution in [0.5, 0.6) is 0 Å². The van der Waals surface area contributed by atoms with Crippen LogP contribution in [0.1, 0.15) is 35.2 Å². The number of aryl methyl sites for hydroxylation is 1. The molecule has 3 heterocycles. The fourth-order valence-electron chi connectivity index (χ4n) is 4.09. The van der Waals surface area contributed by atoms with E-state index < -0.39 is 5.92 Å². The predicted molar refractivity (Wildman–Crippen MR) is 128 cm³/mol. The van der Waals surface area contributed by atoms with Crippen LogP contribution in [-0.2, 0) is 7.05 Å². The Kier molecular flexibility index (Phi) is 6.69. The first-order valence-electron chi connectivity index (χ1n) is 10.9. The minimum atomic E-state index is -2.70. The molecule has 3 aromatic rings. The number of carbonyl (C=O) groups is 1. The Balaban J connectivity index is 1.76. The van der Waals surface area contributed by atoms with Gasteiger partial charge in [-0.15, -0.1) is 11.8 Å². The number of halogens is 2. The van der Waals surface area contributed by atoms with Crippen LogP contribution in [0.2, 0.25) is 0 Å². The quantitative estimate of drug-likeness (QED) is 0.506. The van der Waals surface area contributed by atoms with E-state index in [1.807, 2.05) is 61.7 Å². The van der Waals surface area contributed by atoms with E-state index >= 15 is 0 Å². The minimum Gasteiger partial charge on any atom is -0.356 e. The molecule has 1 amide bonds. The Labute approximate surface area is 196 Å². The highest BCUT2D eigenvalue weighted by molar-refractivity contribution is 7.98. The van der Waals surface area contributed by atoms with Gasteiger partial charge in [-0.3, -0.25) is 9.48 Å². The van der Waals surface area contributed by atoms with Gasteiger partial charge < -0.3 is 10.2 Å². The summed E-state index contributed by atoms with van der Waals surface area (Å²) in [6, 6.07) is 9.45. The topological polar surface area (TPSA) is 63.1 Å². The van der Waals surface area contributed by atoms with Crippen LogP contribution in [-0.4, -0.2) is 45.9 Å². The fraction of sp³-hybridized carbons (Fsp3) is 0.375. The van der Waals surface area contributed by atoms with Gasteiger partial charge in [-0.05, 0) is 49.4 Å². The number of nitrogens with one attached hydrogen (secondary N) is 1. The number of aromatic nitrogens is 3. The molecule has 1 aliphatic heterocycles. The van der Waals surface area contributed by atoms with E-state index in [9.17, 15) is 13.6 Å². The van der Waals surface area contributed by atoms with Gasteiger partial charge in [0.05, 0.1) is 11.3 Å². The highest BCUT2D eigenvalue weighted by Crippen LogP contribution is 2.34. The number of hydrogen-bond acceptors (Lipinski definition) is 5. The van der Waals surface area contributed by atoms with E-state index in [1.165, 1.54) is 0 Å². The van der Waals surface area contributed by atoms with Crippen molar-refractivity contribution in [1.82, 2.24) is 14.8 Å². The van der Waals surface area contributed by atoms with Gasteiger partial charge in [0.2, 0.25) is 5.92 Å². The summed E-state index contributed by atoms with van der Waals surface area (Å²) in [4.78, 5) is 21.0. The number of anilines is 2. The van der Waals surface area contributed by atoms with Crippen molar-refractivity contribution in [1.29, 1.82) is 0 Å². The standard InChI is InChI=1S/C24H27F2N5OS/c1-16-19(20-8-12-30(2)29-20)15-27-22(31-11-5-9-24(25,26)10-13-31)21(16)23(32)28-17-6-4-7-18(14-17)33-3/h4,6-8,12,14-15H,5,9-11,13H2,1-3H3,(H,28,32). The second-order valence-corrected chi connectivity index (χ2v) is 9.13. The summed E-state index contributed by atoms with van der Waals surface area (Å²) in [5, 5.41) is 7.43. The molecule has 1 N–H and O–H groups in total. The molecular weight excluding hydrogens is 444 g/mol. The van der Waals surface area contributed by atoms with Crippen LogP contribution in [0.4, 0.5) is 20.3 Å². The number of rotatable bonds is 5. The van der Waals surface area contributed by atoms with Gasteiger partial charge in [0.15, 0.2) is 0 Å². The third-order valence-corrected chi connectivity index (χ3v) is 6.61. The summed E-state index contributed by atoms with van der Waals surface area (Å²) < 4.78 is 29.7. The highest BCUT2D eigenvalue weighted by atomic mass is 32.2. The first-order valence-corrected chi connectivity index (χ1v) is 12.1. The largest absolute Gasteiger partial charge is 0.356 e. The molecule has 0 radical (unpaired) electrons. The summed E-state index contributed by atoms with van der Waals surface area (Å²) >= 11 is 1.59. The number of nitrogens with zero attached hydrogens (tertiary/aromatic N) is 4. The molecule has 2 aromatic heterocycles. The minimum absolute atomic E-state index is 0.143. The number of thioether (sulfide) groups is 1. The van der Waals surface area contributed by atoms with E-state index in [0.717, 1.165) is 10.5 Å². The molecule has 174 valence electrons. The lowest BCUT2D eigenvalue weighted by molar-refractivity contribution is -0.0102. The zero-order chi connectivity index (χ0) is 23.6. The molecule has 1 saturated heterocycles. The van der Waals surface area contributed by atoms with E-state index in [4.69, 9.17) is 0 Å². The zero-order valence-electron chi connectivity index (χ0n) is 18.9. The smallest absolute Gasteiger partial charge is 0.259 e. The lowest BCUT2D eigenvalue weighted by atomic mass is 10.0. The number of benzene rings is 1. The van der Waals surface area contributed by atoms with Crippen molar-refractivity contribution in [2.75, 3.05) is 29.6 Å². The van der Waals surface area contributed by atoms with Gasteiger partial charge in [0.1, 0.15) is 5.82 Å². The molecule has 0 atom stereocenters. The Bertz CT molecular complexity index is 1160. The molecule has 0 saturated carbocycles. The Morgan fingerprint density at radius 3 is 2.76 bits per heavy atom. The van der Waals surface area contributed by atoms with Gasteiger partial charge in [0.25, 0.3) is 5.91 Å². The van der Waals surface area contributed by atoms with Gasteiger partial charge in [-0.1, -0.05) is 6.07 Å². The molecule has 0 unspecified atom stereocenters. The molecule has 0 aliphatic carbocycles. The third kappa shape index (κ3) is 5.19. The first kappa shape index (κ1) is 23.2. The van der Waals surface area contributed by atoms with Crippen LogP contribution in [0.25, 0.3) is 11.3 Å². The van der Waals surface area contributed by atoms with Crippen molar-refractivity contribution in [2.45, 2.75) is 37.0 Å². The van der Waals surface area contributed by atoms with E-state index in [2.05, 4.69) is 15.4 Å². The van der Waals surface area contributed by atoms with Crippen LogP contribution in [0, 0.1) is 6.92 Å². The van der Waals surface area contributed by atoms with Gasteiger partial charge >= 0.3 is 0 Å². The summed E-state index contributed by atoms with van der Waals surface area (Å²) in [6.07, 6.45) is 5.41. The first-order chi connectivity index (χ1) is 15.8. The molecule has 1 aliphatic rings. The number of pyridine rings is 1. The fourth-order valence-corrected chi connectivity index (χ4v) is 4.55. The van der Waals surface area contributed by atoms with Gasteiger partial charge in [-0.2, -0.15) is 5.10 Å². The molecule has 1 fully saturated rings. The lowest BCUT2D eigenvalue weighted by Crippen LogP contribution is -2.30. The van der Waals surface area contributed by atoms with Gasteiger partial charge in [0, 0.05) is 61.5 Å². The van der Waals surface area contributed by atoms with E-state index in [1.54, 1.807) is 22.6 Å². The molecule has 33 heavy (non-hydrogen) atoms. The summed E-state index contributed by atoms with van der Waals surface area (Å²) in [6.45, 7) is 2.42. The average Bonchev–Trinajstić information content (AvgIpc) is 3.12. The predicted octanol–water partition coefficient (Wildman–Crippen LogP) is 5.39. The van der Waals surface area contributed by atoms with Crippen molar-refractivity contribution in [3.63, 3.8) is 0 Å². The Morgan fingerprint density at radius 2 is 2.03 bits per heavy atom. The van der Waals surface area contributed by atoms with E-state index in [0.29, 0.717) is 41.3 Å². The number of carbonyl (C=O) groups excluding carboxylic acids is 1. The lowest BCUT2D eigenvalue weighted by Gasteiger charge is -2.25. The van der Waals surface area contributed by atoms with Crippen LogP contribution in [0.3, 0.4) is 0 Å². The summed E-state index contributed by atoms with van der Waals surface area (Å²) in [5.74, 6) is -2.58. The van der Waals surface area contributed by atoms with Crippen molar-refractivity contribution in [3.8, 4) is 11.3 Å². The summed E-state index contributed by atoms with van der Waals surface area (Å²) in [7, 11) is 1.82. The van der Waals surface area contributed by atoms with Crippen molar-refractivity contribution in [3.05, 3.63) is 53.9 Å². The third-order valence-electron chi connectivity index (χ3n) is 5.88. The SMILES string of the molecule is CSc1cccc(NC(=O)c2c(N3CCCC(F)(F)CC3)ncc(-c3ccn(C)n3)c2C)c1. The molecule has 4 rings (SSSR count). The van der Waals surface area contributed by atoms with E-state index in [-0.39, 0.29) is 25.3 Å². The van der Waals surface area contributed by atoms with Gasteiger partial charge in [-0.25, -0.2) is 13.8 Å². The molecule has 1 aromatic carbocycles. The van der Waals surface area contributed by atoms with Crippen LogP contribution >= 0.6 is 11.8 Å². The van der Waals surface area contributed by atoms with Crippen LogP contribution in [0.15, 0.2) is 47.6 Å². The van der Waals surface area contributed by atoms with Crippen molar-refractivity contribution in [2.24, 2.45) is 7.05 Å². The highest BCUT2D eigenvalue weighted by Gasteiger charge is 2.33. The second-order valence-electron chi connectivity index (χ2n) is 8.25. The monoisotopic (exact) mass is 471 g/mol. The molecule has 6 nitrogen and oxygen atoms in total.